The van der Waals surface area contributed by atoms with E-state index in [9.17, 15) is 4.79 Å². The first kappa shape index (κ1) is 21.4. The molecule has 2 aromatic rings. The van der Waals surface area contributed by atoms with E-state index < -0.39 is 0 Å². The fraction of sp³-hybridized carbons (Fsp3) is 0.500. The van der Waals surface area contributed by atoms with E-state index in [4.69, 9.17) is 11.6 Å². The van der Waals surface area contributed by atoms with Gasteiger partial charge in [0.25, 0.3) is 0 Å². The van der Waals surface area contributed by atoms with Gasteiger partial charge in [-0.05, 0) is 40.6 Å². The first-order valence-corrected chi connectivity index (χ1v) is 10.4. The van der Waals surface area contributed by atoms with Crippen molar-refractivity contribution in [2.75, 3.05) is 29.9 Å². The molecule has 1 aromatic carbocycles. The van der Waals surface area contributed by atoms with Crippen LogP contribution in [0, 0.1) is 5.92 Å². The van der Waals surface area contributed by atoms with Crippen LogP contribution in [0.3, 0.4) is 0 Å². The van der Waals surface area contributed by atoms with Crippen molar-refractivity contribution in [1.82, 2.24) is 14.9 Å². The Morgan fingerprint density at radius 3 is 2.59 bits per heavy atom. The number of anilines is 2. The molecule has 0 radical (unpaired) electrons. The predicted octanol–water partition coefficient (Wildman–Crippen LogP) is 4.81. The summed E-state index contributed by atoms with van der Waals surface area (Å²) in [6, 6.07) is 9.90. The maximum absolute atomic E-state index is 13.2. The van der Waals surface area contributed by atoms with Gasteiger partial charge < -0.3 is 15.1 Å². The maximum atomic E-state index is 13.2. The lowest BCUT2D eigenvalue weighted by atomic mass is 9.86. The number of piperazine rings is 1. The number of aromatic nitrogens is 2. The van der Waals surface area contributed by atoms with Crippen molar-refractivity contribution in [3.63, 3.8) is 0 Å². The molecule has 1 fully saturated rings. The lowest BCUT2D eigenvalue weighted by Crippen LogP contribution is -2.58. The number of nitrogens with one attached hydrogen (secondary N) is 1. The number of para-hydroxylation sites is 1. The summed E-state index contributed by atoms with van der Waals surface area (Å²) >= 11 is 5.96. The number of hydrogen-bond donors (Lipinski definition) is 1. The van der Waals surface area contributed by atoms with Crippen LogP contribution in [0.15, 0.2) is 36.5 Å². The van der Waals surface area contributed by atoms with Gasteiger partial charge in [-0.1, -0.05) is 52.8 Å². The second kappa shape index (κ2) is 8.57. The highest BCUT2D eigenvalue weighted by Gasteiger charge is 2.33. The van der Waals surface area contributed by atoms with Gasteiger partial charge >= 0.3 is 6.03 Å². The number of amides is 2. The summed E-state index contributed by atoms with van der Waals surface area (Å²) in [5, 5.41) is 3.40. The maximum Gasteiger partial charge on any atom is 0.322 e. The number of nitrogens with zero attached hydrogens (tertiary/aromatic N) is 4. The van der Waals surface area contributed by atoms with Crippen molar-refractivity contribution in [1.29, 1.82) is 0 Å². The summed E-state index contributed by atoms with van der Waals surface area (Å²) < 4.78 is 0. The summed E-state index contributed by atoms with van der Waals surface area (Å²) in [5.41, 5.74) is 1.95. The van der Waals surface area contributed by atoms with Crippen LogP contribution < -0.4 is 10.2 Å². The summed E-state index contributed by atoms with van der Waals surface area (Å²) in [4.78, 5) is 25.6. The third-order valence-electron chi connectivity index (χ3n) is 5.36. The summed E-state index contributed by atoms with van der Waals surface area (Å²) in [5.74, 6) is 1.10. The fourth-order valence-electron chi connectivity index (χ4n) is 3.78. The topological polar surface area (TPSA) is 61.4 Å². The molecule has 1 N–H and O–H groups in total. The van der Waals surface area contributed by atoms with Gasteiger partial charge in [0.1, 0.15) is 5.82 Å². The Labute approximate surface area is 178 Å². The third kappa shape index (κ3) is 4.99. The normalized spacial score (nSPS) is 17.6. The first-order chi connectivity index (χ1) is 13.7. The smallest absolute Gasteiger partial charge is 0.322 e. The molecule has 29 heavy (non-hydrogen) atoms. The minimum absolute atomic E-state index is 0.0493. The lowest BCUT2D eigenvalue weighted by Gasteiger charge is -2.43. The fourth-order valence-corrected chi connectivity index (χ4v) is 3.92. The number of hydrogen-bond acceptors (Lipinski definition) is 4. The van der Waals surface area contributed by atoms with Crippen LogP contribution in [0.5, 0.6) is 0 Å². The number of halogens is 1. The summed E-state index contributed by atoms with van der Waals surface area (Å²) in [7, 11) is 0. The van der Waals surface area contributed by atoms with E-state index in [1.807, 2.05) is 29.2 Å². The van der Waals surface area contributed by atoms with E-state index in [-0.39, 0.29) is 22.8 Å². The van der Waals surface area contributed by atoms with Crippen molar-refractivity contribution < 1.29 is 4.79 Å². The summed E-state index contributed by atoms with van der Waals surface area (Å²) in [6.45, 7) is 12.8. The molecular formula is C22H30ClN5O. The Hall–Kier alpha value is -2.34. The second-order valence-corrected chi connectivity index (χ2v) is 9.20. The largest absolute Gasteiger partial charge is 0.353 e. The number of benzene rings is 1. The molecule has 0 spiro atoms. The Balaban J connectivity index is 1.78. The molecule has 2 amide bonds. The molecule has 1 aromatic heterocycles. The SMILES string of the molecule is CC(C)C1CN(c2ccnc(Cl)n2)CCN1C(=O)Nc1ccccc1C(C)(C)C. The molecule has 7 heteroatoms. The molecule has 1 aliphatic rings. The zero-order valence-electron chi connectivity index (χ0n) is 17.8. The van der Waals surface area contributed by atoms with Crippen LogP contribution in [0.25, 0.3) is 0 Å². The minimum atomic E-state index is -0.0548. The Bertz CT molecular complexity index is 864. The zero-order valence-corrected chi connectivity index (χ0v) is 18.6. The zero-order chi connectivity index (χ0) is 21.2. The van der Waals surface area contributed by atoms with Gasteiger partial charge in [0.2, 0.25) is 5.28 Å². The average Bonchev–Trinajstić information content (AvgIpc) is 2.67. The molecule has 6 nitrogen and oxygen atoms in total. The van der Waals surface area contributed by atoms with Gasteiger partial charge in [0, 0.05) is 31.5 Å². The quantitative estimate of drug-likeness (QED) is 0.731. The standard InChI is InChI=1S/C22H30ClN5O/c1-15(2)18-14-27(19-10-11-24-20(23)26-19)12-13-28(18)21(29)25-17-9-7-6-8-16(17)22(3,4)5/h6-11,15,18H,12-14H2,1-5H3,(H,25,29). The number of rotatable bonds is 3. The Kier molecular flexibility index (Phi) is 6.32. The Morgan fingerprint density at radius 1 is 1.21 bits per heavy atom. The molecule has 0 saturated carbocycles. The molecule has 0 bridgehead atoms. The minimum Gasteiger partial charge on any atom is -0.353 e. The van der Waals surface area contributed by atoms with Crippen LogP contribution in [0.2, 0.25) is 5.28 Å². The molecule has 156 valence electrons. The third-order valence-corrected chi connectivity index (χ3v) is 5.54. The van der Waals surface area contributed by atoms with Gasteiger partial charge in [-0.25, -0.2) is 14.8 Å². The van der Waals surface area contributed by atoms with Gasteiger partial charge in [0.05, 0.1) is 6.04 Å². The van der Waals surface area contributed by atoms with Crippen molar-refractivity contribution in [2.45, 2.75) is 46.1 Å². The van der Waals surface area contributed by atoms with E-state index >= 15 is 0 Å². The van der Waals surface area contributed by atoms with Crippen LogP contribution in [0.1, 0.15) is 40.2 Å². The molecule has 1 unspecified atom stereocenters. The van der Waals surface area contributed by atoms with E-state index in [0.717, 1.165) is 17.1 Å². The van der Waals surface area contributed by atoms with E-state index in [1.54, 1.807) is 6.20 Å². The van der Waals surface area contributed by atoms with Crippen molar-refractivity contribution >= 4 is 29.1 Å². The van der Waals surface area contributed by atoms with Crippen LogP contribution in [0.4, 0.5) is 16.3 Å². The Morgan fingerprint density at radius 2 is 1.93 bits per heavy atom. The molecule has 0 aliphatic carbocycles. The van der Waals surface area contributed by atoms with E-state index in [1.165, 1.54) is 0 Å². The predicted molar refractivity (Wildman–Crippen MR) is 119 cm³/mol. The molecule has 3 rings (SSSR count). The first-order valence-electron chi connectivity index (χ1n) is 10.1. The highest BCUT2D eigenvalue weighted by atomic mass is 35.5. The average molecular weight is 416 g/mol. The van der Waals surface area contributed by atoms with Gasteiger partial charge in [-0.3, -0.25) is 0 Å². The lowest BCUT2D eigenvalue weighted by molar-refractivity contribution is 0.156. The monoisotopic (exact) mass is 415 g/mol. The summed E-state index contributed by atoms with van der Waals surface area (Å²) in [6.07, 6.45) is 1.66. The second-order valence-electron chi connectivity index (χ2n) is 8.86. The molecular weight excluding hydrogens is 386 g/mol. The van der Waals surface area contributed by atoms with E-state index in [0.29, 0.717) is 25.6 Å². The van der Waals surface area contributed by atoms with Gasteiger partial charge in [-0.2, -0.15) is 0 Å². The van der Waals surface area contributed by atoms with E-state index in [2.05, 4.69) is 60.9 Å². The molecule has 1 atom stereocenters. The van der Waals surface area contributed by atoms with Crippen molar-refractivity contribution in [3.05, 3.63) is 47.4 Å². The van der Waals surface area contributed by atoms with Crippen LogP contribution in [-0.2, 0) is 5.41 Å². The van der Waals surface area contributed by atoms with Crippen molar-refractivity contribution in [2.24, 2.45) is 5.92 Å². The van der Waals surface area contributed by atoms with Gasteiger partial charge in [-0.15, -0.1) is 0 Å². The van der Waals surface area contributed by atoms with Crippen LogP contribution in [-0.4, -0.2) is 46.6 Å². The van der Waals surface area contributed by atoms with Crippen LogP contribution >= 0.6 is 11.6 Å². The van der Waals surface area contributed by atoms with Crippen molar-refractivity contribution in [3.8, 4) is 0 Å². The molecule has 2 heterocycles. The number of carbonyl (C=O) groups is 1. The number of urea groups is 1. The highest BCUT2D eigenvalue weighted by Crippen LogP contribution is 2.30. The van der Waals surface area contributed by atoms with Gasteiger partial charge in [0.15, 0.2) is 0 Å². The number of carbonyl (C=O) groups excluding carboxylic acids is 1. The molecule has 1 saturated heterocycles. The highest BCUT2D eigenvalue weighted by molar-refractivity contribution is 6.28. The molecule has 1 aliphatic heterocycles.